The molecule has 92 valence electrons. The van der Waals surface area contributed by atoms with E-state index in [9.17, 15) is 9.18 Å². The molecule has 0 spiro atoms. The van der Waals surface area contributed by atoms with E-state index in [4.69, 9.17) is 0 Å². The smallest absolute Gasteiger partial charge is 0.242 e. The van der Waals surface area contributed by atoms with Crippen molar-refractivity contribution in [3.8, 4) is 0 Å². The topological polar surface area (TPSA) is 41.1 Å². The third kappa shape index (κ3) is 3.19. The minimum absolute atomic E-state index is 0.0538. The molecule has 1 fully saturated rings. The second-order valence-electron chi connectivity index (χ2n) is 4.11. The van der Waals surface area contributed by atoms with E-state index in [1.807, 2.05) is 0 Å². The van der Waals surface area contributed by atoms with Crippen LogP contribution < -0.4 is 10.6 Å². The molecule has 2 N–H and O–H groups in total. The van der Waals surface area contributed by atoms with Crippen LogP contribution in [-0.4, -0.2) is 18.5 Å². The molecule has 2 rings (SSSR count). The van der Waals surface area contributed by atoms with Crippen LogP contribution >= 0.6 is 15.9 Å². The first kappa shape index (κ1) is 12.4. The second-order valence-corrected chi connectivity index (χ2v) is 5.02. The minimum atomic E-state index is -0.346. The zero-order valence-electron chi connectivity index (χ0n) is 9.30. The summed E-state index contributed by atoms with van der Waals surface area (Å²) in [5, 5.41) is 5.78. The van der Waals surface area contributed by atoms with Crippen molar-refractivity contribution < 1.29 is 9.18 Å². The third-order valence-electron chi connectivity index (χ3n) is 2.79. The van der Waals surface area contributed by atoms with Crippen LogP contribution in [-0.2, 0) is 4.79 Å². The van der Waals surface area contributed by atoms with Crippen LogP contribution in [0.5, 0.6) is 0 Å². The van der Waals surface area contributed by atoms with Crippen LogP contribution in [0.25, 0.3) is 0 Å². The molecule has 1 aliphatic heterocycles. The molecule has 0 aliphatic carbocycles. The highest BCUT2D eigenvalue weighted by molar-refractivity contribution is 9.10. The van der Waals surface area contributed by atoms with Gasteiger partial charge in [-0.2, -0.15) is 0 Å². The van der Waals surface area contributed by atoms with Crippen LogP contribution in [0.2, 0.25) is 0 Å². The lowest BCUT2D eigenvalue weighted by Crippen LogP contribution is -2.38. The van der Waals surface area contributed by atoms with E-state index >= 15 is 0 Å². The Balaban J connectivity index is 2.13. The van der Waals surface area contributed by atoms with Gasteiger partial charge in [-0.05, 0) is 37.5 Å². The maximum atomic E-state index is 13.5. The maximum absolute atomic E-state index is 13.5. The van der Waals surface area contributed by atoms with Crippen molar-refractivity contribution in [2.24, 2.45) is 0 Å². The van der Waals surface area contributed by atoms with E-state index in [-0.39, 0.29) is 17.8 Å². The summed E-state index contributed by atoms with van der Waals surface area (Å²) in [6, 6.07) is 4.31. The van der Waals surface area contributed by atoms with Crippen LogP contribution in [0.1, 0.15) is 19.3 Å². The van der Waals surface area contributed by atoms with Crippen molar-refractivity contribution in [3.63, 3.8) is 0 Å². The van der Waals surface area contributed by atoms with Gasteiger partial charge in [-0.25, -0.2) is 4.39 Å². The summed E-state index contributed by atoms with van der Waals surface area (Å²) in [4.78, 5) is 11.7. The van der Waals surface area contributed by atoms with E-state index in [1.165, 1.54) is 6.07 Å². The van der Waals surface area contributed by atoms with Gasteiger partial charge in [0, 0.05) is 11.0 Å². The van der Waals surface area contributed by atoms with E-state index in [0.29, 0.717) is 12.2 Å². The molecule has 1 aromatic carbocycles. The summed E-state index contributed by atoms with van der Waals surface area (Å²) in [5.41, 5.74) is 0.362. The number of benzene rings is 1. The van der Waals surface area contributed by atoms with Gasteiger partial charge in [-0.3, -0.25) is 4.79 Å². The summed E-state index contributed by atoms with van der Waals surface area (Å²) in [7, 11) is 0. The van der Waals surface area contributed by atoms with Crippen LogP contribution in [0.4, 0.5) is 10.1 Å². The van der Waals surface area contributed by atoms with Crippen LogP contribution in [0.15, 0.2) is 22.7 Å². The number of halogens is 2. The highest BCUT2D eigenvalue weighted by Crippen LogP contribution is 2.22. The number of carbonyl (C=O) groups is 1. The van der Waals surface area contributed by atoms with E-state index in [1.54, 1.807) is 12.1 Å². The first-order valence-corrected chi connectivity index (χ1v) is 6.45. The van der Waals surface area contributed by atoms with Crippen molar-refractivity contribution in [2.75, 3.05) is 11.9 Å². The Kier molecular flexibility index (Phi) is 3.99. The molecule has 1 unspecified atom stereocenters. The lowest BCUT2D eigenvalue weighted by Gasteiger charge is -2.17. The van der Waals surface area contributed by atoms with Crippen LogP contribution in [0, 0.1) is 5.82 Å². The molecule has 17 heavy (non-hydrogen) atoms. The molecule has 0 aromatic heterocycles. The monoisotopic (exact) mass is 300 g/mol. The van der Waals surface area contributed by atoms with Gasteiger partial charge in [0.2, 0.25) is 5.91 Å². The highest BCUT2D eigenvalue weighted by atomic mass is 79.9. The number of carbonyl (C=O) groups excluding carboxylic acids is 1. The Labute approximate surface area is 108 Å². The molecule has 1 saturated heterocycles. The summed E-state index contributed by atoms with van der Waals surface area (Å²) in [6.45, 7) is 0.706. The van der Waals surface area contributed by atoms with Crippen molar-refractivity contribution in [1.82, 2.24) is 5.32 Å². The summed E-state index contributed by atoms with van der Waals surface area (Å²) < 4.78 is 14.3. The lowest BCUT2D eigenvalue weighted by atomic mass is 10.1. The summed E-state index contributed by atoms with van der Waals surface area (Å²) in [6.07, 6.45) is 2.68. The normalized spacial score (nSPS) is 20.6. The fourth-order valence-electron chi connectivity index (χ4n) is 1.87. The average molecular weight is 301 g/mol. The zero-order valence-corrected chi connectivity index (χ0v) is 10.9. The van der Waals surface area contributed by atoms with Crippen molar-refractivity contribution in [3.05, 3.63) is 28.5 Å². The quantitative estimate of drug-likeness (QED) is 0.882. The van der Waals surface area contributed by atoms with E-state index in [0.717, 1.165) is 23.7 Å². The lowest BCUT2D eigenvalue weighted by molar-refractivity contribution is -0.121. The van der Waals surface area contributed by atoms with Gasteiger partial charge < -0.3 is 10.6 Å². The molecule has 0 saturated carbocycles. The Morgan fingerprint density at radius 2 is 2.24 bits per heavy atom. The maximum Gasteiger partial charge on any atom is 0.242 e. The zero-order chi connectivity index (χ0) is 12.3. The number of nitrogens with one attached hydrogen (secondary N) is 2. The summed E-state index contributed by atoms with van der Waals surface area (Å²) >= 11 is 3.28. The van der Waals surface area contributed by atoms with E-state index in [2.05, 4.69) is 26.6 Å². The standard InChI is InChI=1S/C12H14BrFN2O/c13-8-4-5-9(14)11(7-8)16-10-3-1-2-6-15-12(10)17/h4-5,7,10,16H,1-3,6H2,(H,15,17). The van der Waals surface area contributed by atoms with Gasteiger partial charge in [0.1, 0.15) is 11.9 Å². The molecular weight excluding hydrogens is 287 g/mol. The molecule has 3 nitrogen and oxygen atoms in total. The Bertz CT molecular complexity index is 425. The predicted octanol–water partition coefficient (Wildman–Crippen LogP) is 2.67. The molecule has 0 bridgehead atoms. The third-order valence-corrected chi connectivity index (χ3v) is 3.29. The number of hydrogen-bond donors (Lipinski definition) is 2. The fourth-order valence-corrected chi connectivity index (χ4v) is 2.23. The molecule has 0 radical (unpaired) electrons. The predicted molar refractivity (Wildman–Crippen MR) is 68.4 cm³/mol. The molecule has 1 aliphatic rings. The van der Waals surface area contributed by atoms with Crippen molar-refractivity contribution >= 4 is 27.5 Å². The first-order chi connectivity index (χ1) is 8.16. The largest absolute Gasteiger partial charge is 0.371 e. The molecule has 1 amide bonds. The SMILES string of the molecule is O=C1NCCCCC1Nc1cc(Br)ccc1F. The average Bonchev–Trinajstić information content (AvgIpc) is 2.50. The fraction of sp³-hybridized carbons (Fsp3) is 0.417. The minimum Gasteiger partial charge on any atom is -0.371 e. The summed E-state index contributed by atoms with van der Waals surface area (Å²) in [5.74, 6) is -0.396. The van der Waals surface area contributed by atoms with Gasteiger partial charge in [0.05, 0.1) is 5.69 Å². The van der Waals surface area contributed by atoms with Crippen LogP contribution in [0.3, 0.4) is 0 Å². The second kappa shape index (κ2) is 5.49. The highest BCUT2D eigenvalue weighted by Gasteiger charge is 2.21. The Hall–Kier alpha value is -1.10. The molecule has 1 aromatic rings. The van der Waals surface area contributed by atoms with Gasteiger partial charge in [-0.15, -0.1) is 0 Å². The van der Waals surface area contributed by atoms with Gasteiger partial charge in [0.25, 0.3) is 0 Å². The molecule has 5 heteroatoms. The first-order valence-electron chi connectivity index (χ1n) is 5.66. The number of anilines is 1. The Morgan fingerprint density at radius 1 is 1.41 bits per heavy atom. The number of hydrogen-bond acceptors (Lipinski definition) is 2. The molecule has 1 heterocycles. The van der Waals surface area contributed by atoms with Crippen molar-refractivity contribution in [2.45, 2.75) is 25.3 Å². The van der Waals surface area contributed by atoms with Gasteiger partial charge in [-0.1, -0.05) is 15.9 Å². The molecular formula is C12H14BrFN2O. The van der Waals surface area contributed by atoms with Gasteiger partial charge >= 0.3 is 0 Å². The number of amides is 1. The van der Waals surface area contributed by atoms with Crippen molar-refractivity contribution in [1.29, 1.82) is 0 Å². The van der Waals surface area contributed by atoms with Gasteiger partial charge in [0.15, 0.2) is 0 Å². The number of rotatable bonds is 2. The molecule has 1 atom stereocenters. The van der Waals surface area contributed by atoms with E-state index < -0.39 is 0 Å². The Morgan fingerprint density at radius 3 is 3.06 bits per heavy atom.